The number of rotatable bonds is 5. The van der Waals surface area contributed by atoms with Gasteiger partial charge in [0, 0.05) is 32.7 Å². The molecule has 0 aromatic heterocycles. The molecule has 0 bridgehead atoms. The molecule has 2 aliphatic rings. The Kier molecular flexibility index (Phi) is 3.87. The summed E-state index contributed by atoms with van der Waals surface area (Å²) in [5.41, 5.74) is 4.84. The van der Waals surface area contributed by atoms with Crippen LogP contribution in [-0.2, 0) is 14.8 Å². The fraction of sp³-hybridized carbons (Fsp3) is 0.909. The van der Waals surface area contributed by atoms with Crippen LogP contribution in [0.1, 0.15) is 12.8 Å². The average molecular weight is 291 g/mol. The summed E-state index contributed by atoms with van der Waals surface area (Å²) in [6.45, 7) is 2.17. The number of carboxylic acid groups (broad SMARTS) is 1. The molecule has 7 nitrogen and oxygen atoms in total. The summed E-state index contributed by atoms with van der Waals surface area (Å²) in [5, 5.41) is 9.30. The quantitative estimate of drug-likeness (QED) is 0.656. The summed E-state index contributed by atoms with van der Waals surface area (Å²) < 4.78 is 24.2. The molecule has 8 heteroatoms. The van der Waals surface area contributed by atoms with Gasteiger partial charge >= 0.3 is 5.97 Å². The van der Waals surface area contributed by atoms with Gasteiger partial charge in [0.1, 0.15) is 5.54 Å². The van der Waals surface area contributed by atoms with E-state index in [0.29, 0.717) is 32.7 Å². The summed E-state index contributed by atoms with van der Waals surface area (Å²) in [7, 11) is -3.15. The van der Waals surface area contributed by atoms with Crippen LogP contribution in [0, 0.1) is 5.92 Å². The molecule has 0 radical (unpaired) electrons. The molecule has 1 unspecified atom stereocenters. The van der Waals surface area contributed by atoms with Crippen LogP contribution in [0.5, 0.6) is 0 Å². The minimum Gasteiger partial charge on any atom is -0.480 e. The normalized spacial score (nSPS) is 26.0. The Hall–Kier alpha value is -0.700. The molecule has 1 saturated carbocycles. The van der Waals surface area contributed by atoms with Gasteiger partial charge in [-0.05, 0) is 18.8 Å². The minimum absolute atomic E-state index is 0.0536. The second-order valence-corrected chi connectivity index (χ2v) is 7.54. The van der Waals surface area contributed by atoms with E-state index in [9.17, 15) is 18.3 Å². The third kappa shape index (κ3) is 3.25. The van der Waals surface area contributed by atoms with Gasteiger partial charge in [0.15, 0.2) is 0 Å². The first-order valence-corrected chi connectivity index (χ1v) is 8.28. The second-order valence-electron chi connectivity index (χ2n) is 5.56. The van der Waals surface area contributed by atoms with E-state index in [-0.39, 0.29) is 5.92 Å². The zero-order valence-electron chi connectivity index (χ0n) is 11.1. The fourth-order valence-electron chi connectivity index (χ4n) is 2.56. The molecule has 0 amide bonds. The highest BCUT2D eigenvalue weighted by Gasteiger charge is 2.49. The molecule has 2 fully saturated rings. The Morgan fingerprint density at radius 1 is 1.32 bits per heavy atom. The molecule has 1 aliphatic carbocycles. The molecular formula is C11H21N3O4S. The van der Waals surface area contributed by atoms with Gasteiger partial charge in [0.25, 0.3) is 0 Å². The van der Waals surface area contributed by atoms with Crippen molar-refractivity contribution < 1.29 is 18.3 Å². The lowest BCUT2D eigenvalue weighted by molar-refractivity contribution is -0.145. The van der Waals surface area contributed by atoms with Crippen molar-refractivity contribution in [3.63, 3.8) is 0 Å². The lowest BCUT2D eigenvalue weighted by Crippen LogP contribution is -2.60. The molecular weight excluding hydrogens is 270 g/mol. The van der Waals surface area contributed by atoms with Crippen molar-refractivity contribution in [2.24, 2.45) is 11.7 Å². The molecule has 19 heavy (non-hydrogen) atoms. The molecule has 1 saturated heterocycles. The maximum atomic E-state index is 11.4. The van der Waals surface area contributed by atoms with Gasteiger partial charge in [0.2, 0.25) is 10.0 Å². The standard InChI is InChI=1S/C11H21N3O4S/c1-19(17,18)14-6-4-13(5-7-14)8-11(12,10(15)16)9-2-3-9/h9H,2-8,12H2,1H3,(H,15,16). The van der Waals surface area contributed by atoms with E-state index < -0.39 is 21.5 Å². The molecule has 2 rings (SSSR count). The van der Waals surface area contributed by atoms with Crippen LogP contribution >= 0.6 is 0 Å². The summed E-state index contributed by atoms with van der Waals surface area (Å²) in [4.78, 5) is 13.3. The average Bonchev–Trinajstić information content (AvgIpc) is 3.12. The molecule has 0 aromatic carbocycles. The lowest BCUT2D eigenvalue weighted by Gasteiger charge is -2.37. The third-order valence-corrected chi connectivity index (χ3v) is 5.29. The van der Waals surface area contributed by atoms with E-state index >= 15 is 0 Å². The van der Waals surface area contributed by atoms with Crippen LogP contribution in [0.25, 0.3) is 0 Å². The molecule has 1 heterocycles. The highest BCUT2D eigenvalue weighted by molar-refractivity contribution is 7.88. The Morgan fingerprint density at radius 2 is 1.84 bits per heavy atom. The molecule has 1 aliphatic heterocycles. The topological polar surface area (TPSA) is 104 Å². The number of hydrogen-bond donors (Lipinski definition) is 2. The van der Waals surface area contributed by atoms with E-state index in [1.807, 2.05) is 4.90 Å². The fourth-order valence-corrected chi connectivity index (χ4v) is 3.39. The summed E-state index contributed by atoms with van der Waals surface area (Å²) in [6.07, 6.45) is 2.93. The number of carboxylic acids is 1. The Balaban J connectivity index is 1.93. The van der Waals surface area contributed by atoms with Crippen molar-refractivity contribution in [2.45, 2.75) is 18.4 Å². The second kappa shape index (κ2) is 5.01. The Labute approximate surface area is 113 Å². The van der Waals surface area contributed by atoms with Crippen LogP contribution in [0.4, 0.5) is 0 Å². The van der Waals surface area contributed by atoms with Gasteiger partial charge in [-0.25, -0.2) is 8.42 Å². The number of nitrogens with two attached hydrogens (primary N) is 1. The zero-order valence-corrected chi connectivity index (χ0v) is 11.9. The predicted molar refractivity (Wildman–Crippen MR) is 70.1 cm³/mol. The summed E-state index contributed by atoms with van der Waals surface area (Å²) >= 11 is 0. The smallest absolute Gasteiger partial charge is 0.325 e. The third-order valence-electron chi connectivity index (χ3n) is 3.99. The number of carbonyl (C=O) groups is 1. The monoisotopic (exact) mass is 291 g/mol. The van der Waals surface area contributed by atoms with Gasteiger partial charge in [0.05, 0.1) is 6.26 Å². The largest absolute Gasteiger partial charge is 0.480 e. The number of nitrogens with zero attached hydrogens (tertiary/aromatic N) is 2. The van der Waals surface area contributed by atoms with Crippen molar-refractivity contribution >= 4 is 16.0 Å². The number of hydrogen-bond acceptors (Lipinski definition) is 5. The first-order valence-electron chi connectivity index (χ1n) is 6.43. The molecule has 0 aromatic rings. The van der Waals surface area contributed by atoms with E-state index in [1.54, 1.807) is 0 Å². The SMILES string of the molecule is CS(=O)(=O)N1CCN(CC(N)(C(=O)O)C2CC2)CC1. The van der Waals surface area contributed by atoms with Crippen LogP contribution in [0.15, 0.2) is 0 Å². The zero-order chi connectivity index (χ0) is 14.3. The van der Waals surface area contributed by atoms with E-state index in [4.69, 9.17) is 5.73 Å². The maximum absolute atomic E-state index is 11.4. The number of piperazine rings is 1. The van der Waals surface area contributed by atoms with E-state index in [0.717, 1.165) is 12.8 Å². The van der Waals surface area contributed by atoms with Gasteiger partial charge in [-0.3, -0.25) is 9.69 Å². The molecule has 0 spiro atoms. The van der Waals surface area contributed by atoms with Crippen molar-refractivity contribution in [3.05, 3.63) is 0 Å². The van der Waals surface area contributed by atoms with Crippen molar-refractivity contribution in [2.75, 3.05) is 39.0 Å². The Bertz CT molecular complexity index is 455. The molecule has 1 atom stereocenters. The minimum atomic E-state index is -3.15. The van der Waals surface area contributed by atoms with Crippen molar-refractivity contribution in [1.82, 2.24) is 9.21 Å². The maximum Gasteiger partial charge on any atom is 0.325 e. The van der Waals surface area contributed by atoms with Gasteiger partial charge < -0.3 is 10.8 Å². The van der Waals surface area contributed by atoms with Gasteiger partial charge in [-0.15, -0.1) is 0 Å². The van der Waals surface area contributed by atoms with Crippen LogP contribution in [-0.4, -0.2) is 73.2 Å². The first-order chi connectivity index (χ1) is 8.73. The molecule has 110 valence electrons. The number of sulfonamides is 1. The summed E-state index contributed by atoms with van der Waals surface area (Å²) in [5.74, 6) is -0.904. The van der Waals surface area contributed by atoms with Gasteiger partial charge in [-0.2, -0.15) is 4.31 Å². The van der Waals surface area contributed by atoms with Crippen LogP contribution in [0.3, 0.4) is 0 Å². The highest BCUT2D eigenvalue weighted by atomic mass is 32.2. The van der Waals surface area contributed by atoms with E-state index in [1.165, 1.54) is 10.6 Å². The van der Waals surface area contributed by atoms with Gasteiger partial charge in [-0.1, -0.05) is 0 Å². The molecule has 3 N–H and O–H groups in total. The van der Waals surface area contributed by atoms with Crippen molar-refractivity contribution in [3.8, 4) is 0 Å². The van der Waals surface area contributed by atoms with Crippen LogP contribution in [0.2, 0.25) is 0 Å². The first kappa shape index (κ1) is 14.7. The summed E-state index contributed by atoms with van der Waals surface area (Å²) in [6, 6.07) is 0. The Morgan fingerprint density at radius 3 is 2.21 bits per heavy atom. The highest BCUT2D eigenvalue weighted by Crippen LogP contribution is 2.39. The predicted octanol–water partition coefficient (Wildman–Crippen LogP) is -1.24. The number of aliphatic carboxylic acids is 1. The van der Waals surface area contributed by atoms with E-state index in [2.05, 4.69) is 0 Å². The van der Waals surface area contributed by atoms with Crippen LogP contribution < -0.4 is 5.73 Å². The van der Waals surface area contributed by atoms with Crippen molar-refractivity contribution in [1.29, 1.82) is 0 Å². The lowest BCUT2D eigenvalue weighted by atomic mass is 9.93.